The first kappa shape index (κ1) is 35.2. The summed E-state index contributed by atoms with van der Waals surface area (Å²) in [4.78, 5) is 66.6. The summed E-state index contributed by atoms with van der Waals surface area (Å²) < 4.78 is 0. The van der Waals surface area contributed by atoms with Gasteiger partial charge in [-0.1, -0.05) is 0 Å². The average Bonchev–Trinajstić information content (AvgIpc) is 3.14. The Labute approximate surface area is 348 Å². The van der Waals surface area contributed by atoms with Gasteiger partial charge in [-0.2, -0.15) is 0 Å². The second-order valence-electron chi connectivity index (χ2n) is 28.3. The third-order valence-corrected chi connectivity index (χ3v) is 24.1. The lowest BCUT2D eigenvalue weighted by Gasteiger charge is -2.73. The normalized spacial score (nSPS) is 62.6. The third-order valence-electron chi connectivity index (χ3n) is 24.1. The zero-order valence-corrected chi connectivity index (χ0v) is 35.8. The van der Waals surface area contributed by atoms with E-state index in [1.165, 1.54) is 77.0 Å². The fourth-order valence-electron chi connectivity index (χ4n) is 25.4. The molecule has 0 saturated heterocycles. The van der Waals surface area contributed by atoms with Crippen molar-refractivity contribution in [2.45, 2.75) is 193 Å². The van der Waals surface area contributed by atoms with Crippen LogP contribution in [0.2, 0.25) is 0 Å². The van der Waals surface area contributed by atoms with Gasteiger partial charge >= 0.3 is 0 Å². The summed E-state index contributed by atoms with van der Waals surface area (Å²) in [6.07, 6.45) is 32.7. The van der Waals surface area contributed by atoms with Gasteiger partial charge < -0.3 is 0 Å². The molecule has 0 aliphatic heterocycles. The molecule has 0 spiro atoms. The van der Waals surface area contributed by atoms with E-state index in [4.69, 9.17) is 0 Å². The van der Waals surface area contributed by atoms with E-state index in [2.05, 4.69) is 0 Å². The molecule has 0 aromatic rings. The summed E-state index contributed by atoms with van der Waals surface area (Å²) in [5.41, 5.74) is -3.85. The smallest absolute Gasteiger partial charge is 0.145 e. The van der Waals surface area contributed by atoms with Crippen LogP contribution >= 0.6 is 0 Å². The van der Waals surface area contributed by atoms with Crippen molar-refractivity contribution in [2.24, 2.45) is 114 Å². The summed E-state index contributed by atoms with van der Waals surface area (Å²) in [5.74, 6) is 10.2. The van der Waals surface area contributed by atoms with Gasteiger partial charge in [0.1, 0.15) is 23.1 Å². The Morgan fingerprint density at radius 3 is 0.448 bits per heavy atom. The van der Waals surface area contributed by atoms with Crippen LogP contribution in [0.25, 0.3) is 0 Å². The van der Waals surface area contributed by atoms with Gasteiger partial charge in [0, 0.05) is 43.3 Å². The van der Waals surface area contributed by atoms with Crippen molar-refractivity contribution in [1.29, 1.82) is 0 Å². The molecule has 20 saturated carbocycles. The molecule has 0 aromatic heterocycles. The minimum Gasteiger partial charge on any atom is -0.298 e. The fourth-order valence-corrected chi connectivity index (χ4v) is 25.4. The van der Waals surface area contributed by atoms with Crippen LogP contribution in [-0.2, 0) is 19.2 Å². The van der Waals surface area contributed by atoms with Crippen molar-refractivity contribution in [1.82, 2.24) is 0 Å². The molecule has 4 heteroatoms. The molecule has 0 radical (unpaired) electrons. The molecule has 20 bridgehead atoms. The van der Waals surface area contributed by atoms with Crippen LogP contribution in [0.3, 0.4) is 0 Å². The predicted octanol–water partition coefficient (Wildman–Crippen LogP) is 11.5. The van der Waals surface area contributed by atoms with Crippen molar-refractivity contribution >= 4 is 23.1 Å². The van der Waals surface area contributed by atoms with Gasteiger partial charge in [-0.15, -0.1) is 0 Å². The zero-order valence-electron chi connectivity index (χ0n) is 35.8. The number of carbonyl (C=O) groups is 4. The molecule has 58 heavy (non-hydrogen) atoms. The van der Waals surface area contributed by atoms with Crippen LogP contribution < -0.4 is 0 Å². The SMILES string of the molecule is O=C(C12CC3CC(CC(C3)C1)C2)C12CC3(C(=O)C45CC6CC(CC(C6)C4)C5)CC(C(=O)C45CC6CC(CC(C6)C4)C5)(C1)CC(C(=O)C14CC5CC(CC(C5)C1)C4)(C2)C3. The molecule has 0 amide bonds. The predicted molar refractivity (Wildman–Crippen MR) is 220 cm³/mol. The van der Waals surface area contributed by atoms with Crippen molar-refractivity contribution in [3.05, 3.63) is 0 Å². The number of Topliss-reactive ketones (excluding diaryl/α,β-unsaturated/α-hetero) is 4. The summed E-state index contributed by atoms with van der Waals surface area (Å²) in [7, 11) is 0. The number of hydrogen-bond donors (Lipinski definition) is 0. The summed E-state index contributed by atoms with van der Waals surface area (Å²) in [5, 5.41) is 0. The highest BCUT2D eigenvalue weighted by atomic mass is 16.2. The highest BCUT2D eigenvalue weighted by Gasteiger charge is 2.80. The number of rotatable bonds is 8. The van der Waals surface area contributed by atoms with Gasteiger partial charge in [0.2, 0.25) is 0 Å². The number of carbonyl (C=O) groups excluding carboxylic acids is 4. The maximum absolute atomic E-state index is 16.7. The minimum absolute atomic E-state index is 0.277. The van der Waals surface area contributed by atoms with Crippen LogP contribution in [0.5, 0.6) is 0 Å². The monoisotopic (exact) mass is 785 g/mol. The van der Waals surface area contributed by atoms with Gasteiger partial charge in [0.15, 0.2) is 0 Å². The molecule has 0 aromatic carbocycles. The molecule has 4 nitrogen and oxygen atoms in total. The molecular formula is C54H72O4. The third kappa shape index (κ3) is 4.33. The molecule has 312 valence electrons. The molecule has 20 fully saturated rings. The largest absolute Gasteiger partial charge is 0.298 e. The topological polar surface area (TPSA) is 68.3 Å². The lowest BCUT2D eigenvalue weighted by atomic mass is 9.28. The van der Waals surface area contributed by atoms with Crippen LogP contribution in [0.4, 0.5) is 0 Å². The van der Waals surface area contributed by atoms with Gasteiger partial charge in [-0.05, 0) is 264 Å². The van der Waals surface area contributed by atoms with E-state index >= 15 is 19.2 Å². The first-order valence-electron chi connectivity index (χ1n) is 26.0. The van der Waals surface area contributed by atoms with Crippen LogP contribution in [0.15, 0.2) is 0 Å². The molecule has 0 unspecified atom stereocenters. The van der Waals surface area contributed by atoms with E-state index in [-0.39, 0.29) is 21.7 Å². The Bertz CT molecular complexity index is 1490. The Morgan fingerprint density at radius 1 is 0.207 bits per heavy atom. The first-order valence-corrected chi connectivity index (χ1v) is 26.0. The number of ketones is 4. The first-order chi connectivity index (χ1) is 27.8. The van der Waals surface area contributed by atoms with Gasteiger partial charge in [-0.3, -0.25) is 19.2 Å². The van der Waals surface area contributed by atoms with E-state index in [0.717, 1.165) is 77.0 Å². The van der Waals surface area contributed by atoms with Gasteiger partial charge in [0.05, 0.1) is 0 Å². The average molecular weight is 785 g/mol. The van der Waals surface area contributed by atoms with Crippen molar-refractivity contribution in [3.63, 3.8) is 0 Å². The lowest BCUT2D eigenvalue weighted by Crippen LogP contribution is -2.74. The quantitative estimate of drug-likeness (QED) is 0.246. The van der Waals surface area contributed by atoms with Gasteiger partial charge in [-0.25, -0.2) is 0 Å². The van der Waals surface area contributed by atoms with Crippen molar-refractivity contribution in [2.75, 3.05) is 0 Å². The minimum atomic E-state index is -0.686. The molecule has 0 heterocycles. The highest BCUT2D eigenvalue weighted by Crippen LogP contribution is 2.81. The van der Waals surface area contributed by atoms with Crippen molar-refractivity contribution < 1.29 is 19.2 Å². The molecule has 20 aliphatic carbocycles. The maximum Gasteiger partial charge on any atom is 0.145 e. The van der Waals surface area contributed by atoms with Crippen LogP contribution in [-0.4, -0.2) is 23.1 Å². The van der Waals surface area contributed by atoms with E-state index in [1.807, 2.05) is 0 Å². The van der Waals surface area contributed by atoms with E-state index < -0.39 is 21.7 Å². The molecule has 0 atom stereocenters. The second-order valence-corrected chi connectivity index (χ2v) is 28.3. The molecular weight excluding hydrogens is 713 g/mol. The Hall–Kier alpha value is -1.32. The van der Waals surface area contributed by atoms with Gasteiger partial charge in [0.25, 0.3) is 0 Å². The van der Waals surface area contributed by atoms with E-state index in [0.29, 0.717) is 133 Å². The van der Waals surface area contributed by atoms with E-state index in [1.54, 1.807) is 0 Å². The lowest BCUT2D eigenvalue weighted by molar-refractivity contribution is -0.229. The molecule has 20 aliphatic rings. The standard InChI is InChI=1S/C54H72O4/c55-43(47-13-31-1-32(14-47)3-33(2-31)15-47)51-25-52(44(56)48-16-34-4-35(17-48)6-36(5-34)18-48)28-53(26-51,45(57)49-19-37-7-38(20-49)9-39(8-37)21-49)30-54(27-51,29-52)46(58)50-22-40-10-41(23-50)12-42(11-40)24-50/h31-42H,1-30H2. The summed E-state index contributed by atoms with van der Waals surface area (Å²) in [6, 6.07) is 0. The Morgan fingerprint density at radius 2 is 0.328 bits per heavy atom. The zero-order chi connectivity index (χ0) is 38.5. The Kier molecular flexibility index (Phi) is 6.49. The van der Waals surface area contributed by atoms with Crippen LogP contribution in [0.1, 0.15) is 193 Å². The molecule has 0 N–H and O–H groups in total. The number of hydrogen-bond acceptors (Lipinski definition) is 4. The van der Waals surface area contributed by atoms with E-state index in [9.17, 15) is 0 Å². The van der Waals surface area contributed by atoms with Crippen molar-refractivity contribution in [3.8, 4) is 0 Å². The summed E-state index contributed by atoms with van der Waals surface area (Å²) in [6.45, 7) is 0. The maximum atomic E-state index is 16.7. The molecule has 20 rings (SSSR count). The van der Waals surface area contributed by atoms with Crippen LogP contribution in [0, 0.1) is 114 Å². The Balaban J connectivity index is 0.925. The summed E-state index contributed by atoms with van der Waals surface area (Å²) >= 11 is 0. The fraction of sp³-hybridized carbons (Fsp3) is 0.926. The highest BCUT2D eigenvalue weighted by molar-refractivity contribution is 6.03. The second kappa shape index (κ2) is 10.7.